The molecule has 3 heteroatoms. The van der Waals surface area contributed by atoms with Gasteiger partial charge in [0.1, 0.15) is 0 Å². The molecule has 1 fully saturated rings. The molecule has 1 atom stereocenters. The summed E-state index contributed by atoms with van der Waals surface area (Å²) in [4.78, 5) is 4.96. The smallest absolute Gasteiger partial charge is 0.0475 e. The molecule has 1 aliphatic heterocycles. The van der Waals surface area contributed by atoms with Crippen molar-refractivity contribution in [1.29, 1.82) is 0 Å². The van der Waals surface area contributed by atoms with Crippen molar-refractivity contribution in [1.82, 2.24) is 9.80 Å². The SMILES string of the molecule is CN1CCN(CCCCO)C(c2ccccc2)C1. The molecule has 3 nitrogen and oxygen atoms in total. The van der Waals surface area contributed by atoms with Gasteiger partial charge >= 0.3 is 0 Å². The summed E-state index contributed by atoms with van der Waals surface area (Å²) in [5.41, 5.74) is 1.41. The van der Waals surface area contributed by atoms with Crippen LogP contribution in [-0.2, 0) is 0 Å². The molecule has 0 aliphatic carbocycles. The Labute approximate surface area is 110 Å². The van der Waals surface area contributed by atoms with Crippen LogP contribution >= 0.6 is 0 Å². The fourth-order valence-electron chi connectivity index (χ4n) is 2.64. The number of unbranched alkanes of at least 4 members (excludes halogenated alkanes) is 1. The van der Waals surface area contributed by atoms with E-state index in [0.29, 0.717) is 12.6 Å². The van der Waals surface area contributed by atoms with Crippen LogP contribution in [0.25, 0.3) is 0 Å². The molecular weight excluding hydrogens is 224 g/mol. The minimum Gasteiger partial charge on any atom is -0.396 e. The molecule has 2 rings (SSSR count). The average Bonchev–Trinajstić information content (AvgIpc) is 2.41. The van der Waals surface area contributed by atoms with E-state index in [2.05, 4.69) is 47.2 Å². The van der Waals surface area contributed by atoms with Crippen molar-refractivity contribution >= 4 is 0 Å². The van der Waals surface area contributed by atoms with E-state index in [-0.39, 0.29) is 0 Å². The van der Waals surface area contributed by atoms with E-state index in [4.69, 9.17) is 5.11 Å². The highest BCUT2D eigenvalue weighted by Crippen LogP contribution is 2.24. The molecule has 1 saturated heterocycles. The van der Waals surface area contributed by atoms with Crippen molar-refractivity contribution in [3.05, 3.63) is 35.9 Å². The highest BCUT2D eigenvalue weighted by Gasteiger charge is 2.25. The Kier molecular flexibility index (Phi) is 5.17. The molecule has 0 amide bonds. The summed E-state index contributed by atoms with van der Waals surface area (Å²) in [6.07, 6.45) is 2.00. The summed E-state index contributed by atoms with van der Waals surface area (Å²) in [5, 5.41) is 8.89. The fourth-order valence-corrected chi connectivity index (χ4v) is 2.64. The molecule has 0 spiro atoms. The largest absolute Gasteiger partial charge is 0.396 e. The van der Waals surface area contributed by atoms with Gasteiger partial charge in [-0.2, -0.15) is 0 Å². The van der Waals surface area contributed by atoms with Crippen molar-refractivity contribution in [2.24, 2.45) is 0 Å². The molecular formula is C15H24N2O. The molecule has 1 aromatic carbocycles. The predicted molar refractivity (Wildman–Crippen MR) is 74.6 cm³/mol. The molecule has 0 radical (unpaired) electrons. The Hall–Kier alpha value is -0.900. The average molecular weight is 248 g/mol. The lowest BCUT2D eigenvalue weighted by molar-refractivity contribution is 0.0867. The summed E-state index contributed by atoms with van der Waals surface area (Å²) in [5.74, 6) is 0. The lowest BCUT2D eigenvalue weighted by Gasteiger charge is -2.40. The Balaban J connectivity index is 2.02. The van der Waals surface area contributed by atoms with Gasteiger partial charge in [-0.15, -0.1) is 0 Å². The number of likely N-dealkylation sites (N-methyl/N-ethyl adjacent to an activating group) is 1. The molecule has 0 aromatic heterocycles. The van der Waals surface area contributed by atoms with E-state index in [1.165, 1.54) is 5.56 Å². The highest BCUT2D eigenvalue weighted by molar-refractivity contribution is 5.20. The Morgan fingerprint density at radius 3 is 2.67 bits per heavy atom. The number of piperazine rings is 1. The van der Waals surface area contributed by atoms with E-state index in [9.17, 15) is 0 Å². The lowest BCUT2D eigenvalue weighted by Crippen LogP contribution is -2.47. The van der Waals surface area contributed by atoms with Crippen LogP contribution in [0.15, 0.2) is 30.3 Å². The number of aliphatic hydroxyl groups excluding tert-OH is 1. The van der Waals surface area contributed by atoms with Gasteiger partial charge in [0.2, 0.25) is 0 Å². The van der Waals surface area contributed by atoms with Gasteiger partial charge < -0.3 is 10.0 Å². The zero-order valence-corrected chi connectivity index (χ0v) is 11.3. The maximum atomic E-state index is 8.89. The van der Waals surface area contributed by atoms with Crippen LogP contribution in [0.5, 0.6) is 0 Å². The second kappa shape index (κ2) is 6.88. The molecule has 1 aromatic rings. The topological polar surface area (TPSA) is 26.7 Å². The molecule has 18 heavy (non-hydrogen) atoms. The van der Waals surface area contributed by atoms with Crippen LogP contribution in [0, 0.1) is 0 Å². The van der Waals surface area contributed by atoms with Gasteiger partial charge in [-0.1, -0.05) is 30.3 Å². The lowest BCUT2D eigenvalue weighted by atomic mass is 10.0. The zero-order valence-electron chi connectivity index (χ0n) is 11.3. The quantitative estimate of drug-likeness (QED) is 0.804. The highest BCUT2D eigenvalue weighted by atomic mass is 16.2. The second-order valence-electron chi connectivity index (χ2n) is 5.16. The molecule has 0 bridgehead atoms. The van der Waals surface area contributed by atoms with Gasteiger partial charge in [0.15, 0.2) is 0 Å². The van der Waals surface area contributed by atoms with Gasteiger partial charge in [-0.05, 0) is 32.0 Å². The number of hydrogen-bond donors (Lipinski definition) is 1. The summed E-state index contributed by atoms with van der Waals surface area (Å²) in [6, 6.07) is 11.3. The zero-order chi connectivity index (χ0) is 12.8. The van der Waals surface area contributed by atoms with Crippen molar-refractivity contribution in [3.63, 3.8) is 0 Å². The third-order valence-corrected chi connectivity index (χ3v) is 3.73. The van der Waals surface area contributed by atoms with E-state index in [1.54, 1.807) is 0 Å². The first kappa shape index (κ1) is 13.5. The monoisotopic (exact) mass is 248 g/mol. The number of rotatable bonds is 5. The van der Waals surface area contributed by atoms with E-state index < -0.39 is 0 Å². The number of hydrogen-bond acceptors (Lipinski definition) is 3. The maximum absolute atomic E-state index is 8.89. The molecule has 1 heterocycles. The van der Waals surface area contributed by atoms with Gasteiger partial charge in [0.25, 0.3) is 0 Å². The summed E-state index contributed by atoms with van der Waals surface area (Å²) in [7, 11) is 2.20. The van der Waals surface area contributed by atoms with E-state index >= 15 is 0 Å². The molecule has 0 saturated carbocycles. The van der Waals surface area contributed by atoms with Gasteiger partial charge in [-0.25, -0.2) is 0 Å². The van der Waals surface area contributed by atoms with Gasteiger partial charge in [-0.3, -0.25) is 4.90 Å². The maximum Gasteiger partial charge on any atom is 0.0475 e. The van der Waals surface area contributed by atoms with Crippen LogP contribution in [0.4, 0.5) is 0 Å². The third kappa shape index (κ3) is 3.55. The Morgan fingerprint density at radius 2 is 1.94 bits per heavy atom. The van der Waals surface area contributed by atoms with E-state index in [1.807, 2.05) is 0 Å². The first-order chi connectivity index (χ1) is 8.81. The minimum atomic E-state index is 0.309. The number of nitrogens with zero attached hydrogens (tertiary/aromatic N) is 2. The third-order valence-electron chi connectivity index (χ3n) is 3.73. The number of aliphatic hydroxyl groups is 1. The fraction of sp³-hybridized carbons (Fsp3) is 0.600. The van der Waals surface area contributed by atoms with Crippen LogP contribution in [0.2, 0.25) is 0 Å². The normalized spacial score (nSPS) is 22.2. The van der Waals surface area contributed by atoms with Crippen molar-refractivity contribution in [2.45, 2.75) is 18.9 Å². The standard InChI is InChI=1S/C15H24N2O/c1-16-10-11-17(9-5-6-12-18)15(13-16)14-7-3-2-4-8-14/h2-4,7-8,15,18H,5-6,9-13H2,1H3. The van der Waals surface area contributed by atoms with E-state index in [0.717, 1.165) is 39.0 Å². The molecule has 1 N–H and O–H groups in total. The first-order valence-corrected chi connectivity index (χ1v) is 6.89. The van der Waals surface area contributed by atoms with Crippen LogP contribution in [-0.4, -0.2) is 54.7 Å². The molecule has 100 valence electrons. The molecule has 1 aliphatic rings. The van der Waals surface area contributed by atoms with Crippen LogP contribution < -0.4 is 0 Å². The summed E-state index contributed by atoms with van der Waals surface area (Å²) in [6.45, 7) is 4.77. The first-order valence-electron chi connectivity index (χ1n) is 6.89. The Morgan fingerprint density at radius 1 is 1.17 bits per heavy atom. The summed E-state index contributed by atoms with van der Waals surface area (Å²) >= 11 is 0. The Bertz CT molecular complexity index is 342. The van der Waals surface area contributed by atoms with Crippen molar-refractivity contribution in [2.75, 3.05) is 39.8 Å². The molecule has 1 unspecified atom stereocenters. The van der Waals surface area contributed by atoms with Crippen LogP contribution in [0.1, 0.15) is 24.4 Å². The minimum absolute atomic E-state index is 0.309. The van der Waals surface area contributed by atoms with Gasteiger partial charge in [0.05, 0.1) is 0 Å². The number of benzene rings is 1. The van der Waals surface area contributed by atoms with Crippen molar-refractivity contribution < 1.29 is 5.11 Å². The van der Waals surface area contributed by atoms with Gasteiger partial charge in [0, 0.05) is 32.3 Å². The van der Waals surface area contributed by atoms with Crippen molar-refractivity contribution in [3.8, 4) is 0 Å². The second-order valence-corrected chi connectivity index (χ2v) is 5.16. The summed E-state index contributed by atoms with van der Waals surface area (Å²) < 4.78 is 0. The predicted octanol–water partition coefficient (Wildman–Crippen LogP) is 1.75. The van der Waals surface area contributed by atoms with Crippen LogP contribution in [0.3, 0.4) is 0 Å².